The van der Waals surface area contributed by atoms with Crippen LogP contribution in [0.3, 0.4) is 0 Å². The lowest BCUT2D eigenvalue weighted by Gasteiger charge is -2.31. The van der Waals surface area contributed by atoms with Crippen molar-refractivity contribution in [2.24, 2.45) is 11.7 Å². The molecule has 1 saturated heterocycles. The van der Waals surface area contributed by atoms with Gasteiger partial charge in [-0.2, -0.15) is 0 Å². The van der Waals surface area contributed by atoms with Crippen LogP contribution in [0.1, 0.15) is 32.4 Å². The maximum absolute atomic E-state index is 11.5. The number of aromatic nitrogens is 1. The first-order chi connectivity index (χ1) is 9.63. The van der Waals surface area contributed by atoms with Crippen LogP contribution in [0.5, 0.6) is 0 Å². The van der Waals surface area contributed by atoms with Gasteiger partial charge in [0, 0.05) is 31.9 Å². The van der Waals surface area contributed by atoms with Crippen LogP contribution in [-0.4, -0.2) is 42.0 Å². The van der Waals surface area contributed by atoms with Gasteiger partial charge >= 0.3 is 0 Å². The van der Waals surface area contributed by atoms with E-state index in [9.17, 15) is 4.79 Å². The van der Waals surface area contributed by atoms with Gasteiger partial charge in [-0.25, -0.2) is 4.98 Å². The van der Waals surface area contributed by atoms with Crippen LogP contribution in [0.15, 0.2) is 5.38 Å². The Hall–Kier alpha value is -0.980. The highest BCUT2D eigenvalue weighted by Gasteiger charge is 2.20. The van der Waals surface area contributed by atoms with E-state index in [0.29, 0.717) is 12.5 Å². The Balaban J connectivity index is 1.97. The normalized spacial score (nSPS) is 20.1. The van der Waals surface area contributed by atoms with Crippen LogP contribution in [0.4, 0.5) is 5.13 Å². The van der Waals surface area contributed by atoms with Crippen molar-refractivity contribution in [3.05, 3.63) is 11.1 Å². The predicted octanol–water partition coefficient (Wildman–Crippen LogP) is 1.69. The Kier molecular flexibility index (Phi) is 5.51. The topological polar surface area (TPSA) is 62.5 Å². The van der Waals surface area contributed by atoms with E-state index in [0.717, 1.165) is 37.0 Å². The Bertz CT molecular complexity index is 448. The molecular formula is C14H24N4OS. The fourth-order valence-corrected chi connectivity index (χ4v) is 3.63. The summed E-state index contributed by atoms with van der Waals surface area (Å²) in [5.74, 6) is 0.667. The molecule has 1 aromatic rings. The molecule has 112 valence electrons. The summed E-state index contributed by atoms with van der Waals surface area (Å²) in [6, 6.07) is 0. The molecule has 0 spiro atoms. The second kappa shape index (κ2) is 7.15. The third-order valence-corrected chi connectivity index (χ3v) is 4.70. The molecule has 0 aliphatic carbocycles. The summed E-state index contributed by atoms with van der Waals surface area (Å²) in [6.45, 7) is 8.04. The third kappa shape index (κ3) is 3.77. The van der Waals surface area contributed by atoms with Crippen molar-refractivity contribution in [2.45, 2.75) is 33.2 Å². The highest BCUT2D eigenvalue weighted by molar-refractivity contribution is 7.14. The SMILES string of the molecule is CCN(C(C)=O)c1nc(CN2CCCC(CN)C2)cs1. The number of hydrogen-bond donors (Lipinski definition) is 1. The Morgan fingerprint density at radius 2 is 2.45 bits per heavy atom. The zero-order valence-electron chi connectivity index (χ0n) is 12.3. The summed E-state index contributed by atoms with van der Waals surface area (Å²) in [5, 5.41) is 2.87. The zero-order chi connectivity index (χ0) is 14.5. The molecule has 1 aliphatic rings. The van der Waals surface area contributed by atoms with Crippen LogP contribution in [0, 0.1) is 5.92 Å². The molecule has 1 aliphatic heterocycles. The highest BCUT2D eigenvalue weighted by atomic mass is 32.1. The molecule has 20 heavy (non-hydrogen) atoms. The molecule has 0 radical (unpaired) electrons. The number of piperidine rings is 1. The van der Waals surface area contributed by atoms with Crippen molar-refractivity contribution in [1.29, 1.82) is 0 Å². The number of nitrogens with two attached hydrogens (primary N) is 1. The van der Waals surface area contributed by atoms with E-state index in [1.165, 1.54) is 12.8 Å². The summed E-state index contributed by atoms with van der Waals surface area (Å²) in [4.78, 5) is 20.3. The quantitative estimate of drug-likeness (QED) is 0.898. The van der Waals surface area contributed by atoms with E-state index < -0.39 is 0 Å². The Morgan fingerprint density at radius 1 is 1.65 bits per heavy atom. The molecule has 0 aromatic carbocycles. The van der Waals surface area contributed by atoms with Gasteiger partial charge in [-0.3, -0.25) is 14.6 Å². The van der Waals surface area contributed by atoms with Crippen molar-refractivity contribution in [3.63, 3.8) is 0 Å². The van der Waals surface area contributed by atoms with Gasteiger partial charge in [0.1, 0.15) is 0 Å². The van der Waals surface area contributed by atoms with Crippen molar-refractivity contribution >= 4 is 22.4 Å². The van der Waals surface area contributed by atoms with Crippen LogP contribution in [0.2, 0.25) is 0 Å². The van der Waals surface area contributed by atoms with Crippen molar-refractivity contribution in [1.82, 2.24) is 9.88 Å². The van der Waals surface area contributed by atoms with E-state index in [-0.39, 0.29) is 5.91 Å². The van der Waals surface area contributed by atoms with E-state index in [2.05, 4.69) is 15.3 Å². The summed E-state index contributed by atoms with van der Waals surface area (Å²) in [6.07, 6.45) is 2.46. The number of carbonyl (C=O) groups is 1. The largest absolute Gasteiger partial charge is 0.330 e. The zero-order valence-corrected chi connectivity index (χ0v) is 13.2. The van der Waals surface area contributed by atoms with Crippen molar-refractivity contribution in [2.75, 3.05) is 31.1 Å². The second-order valence-corrected chi connectivity index (χ2v) is 6.20. The predicted molar refractivity (Wildman–Crippen MR) is 82.9 cm³/mol. The molecule has 6 heteroatoms. The van der Waals surface area contributed by atoms with Gasteiger partial charge in [0.25, 0.3) is 0 Å². The Morgan fingerprint density at radius 3 is 3.10 bits per heavy atom. The number of carbonyl (C=O) groups excluding carboxylic acids is 1. The summed E-state index contributed by atoms with van der Waals surface area (Å²) < 4.78 is 0. The Labute approximate surface area is 124 Å². The molecule has 5 nitrogen and oxygen atoms in total. The standard InChI is InChI=1S/C14H24N4OS/c1-3-18(11(2)19)14-16-13(10-20-14)9-17-6-4-5-12(7-15)8-17/h10,12H,3-9,15H2,1-2H3. The molecule has 1 amide bonds. The minimum Gasteiger partial charge on any atom is -0.330 e. The number of anilines is 1. The maximum Gasteiger partial charge on any atom is 0.225 e. The first-order valence-corrected chi connectivity index (χ1v) is 8.17. The van der Waals surface area contributed by atoms with Gasteiger partial charge in [-0.15, -0.1) is 11.3 Å². The summed E-state index contributed by atoms with van der Waals surface area (Å²) >= 11 is 1.55. The molecule has 1 unspecified atom stereocenters. The fourth-order valence-electron chi connectivity index (χ4n) is 2.70. The van der Waals surface area contributed by atoms with Gasteiger partial charge in [-0.1, -0.05) is 0 Å². The monoisotopic (exact) mass is 296 g/mol. The number of rotatable bonds is 5. The molecule has 2 rings (SSSR count). The van der Waals surface area contributed by atoms with E-state index in [1.54, 1.807) is 23.2 Å². The molecule has 1 aromatic heterocycles. The molecule has 0 bridgehead atoms. The van der Waals surface area contributed by atoms with Crippen molar-refractivity contribution < 1.29 is 4.79 Å². The molecule has 0 saturated carbocycles. The molecule has 1 fully saturated rings. The van der Waals surface area contributed by atoms with Gasteiger partial charge in [-0.05, 0) is 38.8 Å². The lowest BCUT2D eigenvalue weighted by Crippen LogP contribution is -2.37. The van der Waals surface area contributed by atoms with Crippen LogP contribution < -0.4 is 10.6 Å². The van der Waals surface area contributed by atoms with Crippen LogP contribution in [0.25, 0.3) is 0 Å². The van der Waals surface area contributed by atoms with Crippen molar-refractivity contribution in [3.8, 4) is 0 Å². The minimum atomic E-state index is 0.0505. The van der Waals surface area contributed by atoms with E-state index in [4.69, 9.17) is 5.73 Å². The number of hydrogen-bond acceptors (Lipinski definition) is 5. The fraction of sp³-hybridized carbons (Fsp3) is 0.714. The maximum atomic E-state index is 11.5. The number of thiazole rings is 1. The van der Waals surface area contributed by atoms with E-state index >= 15 is 0 Å². The lowest BCUT2D eigenvalue weighted by molar-refractivity contribution is -0.116. The second-order valence-electron chi connectivity index (χ2n) is 5.36. The number of amides is 1. The molecular weight excluding hydrogens is 272 g/mol. The smallest absolute Gasteiger partial charge is 0.225 e. The first-order valence-electron chi connectivity index (χ1n) is 7.29. The summed E-state index contributed by atoms with van der Waals surface area (Å²) in [7, 11) is 0. The highest BCUT2D eigenvalue weighted by Crippen LogP contribution is 2.23. The molecule has 2 heterocycles. The lowest BCUT2D eigenvalue weighted by atomic mass is 9.98. The average Bonchev–Trinajstić information content (AvgIpc) is 2.87. The minimum absolute atomic E-state index is 0.0505. The number of likely N-dealkylation sites (tertiary alicyclic amines) is 1. The van der Waals surface area contributed by atoms with Gasteiger partial charge < -0.3 is 5.73 Å². The van der Waals surface area contributed by atoms with Gasteiger partial charge in [0.05, 0.1) is 5.69 Å². The number of nitrogens with zero attached hydrogens (tertiary/aromatic N) is 3. The molecule has 2 N–H and O–H groups in total. The van der Waals surface area contributed by atoms with Crippen LogP contribution >= 0.6 is 11.3 Å². The molecule has 1 atom stereocenters. The summed E-state index contributed by atoms with van der Waals surface area (Å²) in [5.41, 5.74) is 6.83. The first kappa shape index (κ1) is 15.4. The van der Waals surface area contributed by atoms with Gasteiger partial charge in [0.15, 0.2) is 5.13 Å². The third-order valence-electron chi connectivity index (χ3n) is 3.79. The average molecular weight is 296 g/mol. The van der Waals surface area contributed by atoms with E-state index in [1.807, 2.05) is 6.92 Å². The van der Waals surface area contributed by atoms with Gasteiger partial charge in [0.2, 0.25) is 5.91 Å². The van der Waals surface area contributed by atoms with Crippen LogP contribution in [-0.2, 0) is 11.3 Å².